The van der Waals surface area contributed by atoms with E-state index < -0.39 is 25.8 Å². The van der Waals surface area contributed by atoms with Crippen LogP contribution in [0.5, 0.6) is 11.5 Å². The zero-order valence-electron chi connectivity index (χ0n) is 27.3. The van der Waals surface area contributed by atoms with E-state index in [1.165, 1.54) is 6.07 Å². The molecule has 0 unspecified atom stereocenters. The number of aliphatic hydroxyl groups is 1. The third-order valence-electron chi connectivity index (χ3n) is 9.62. The van der Waals surface area contributed by atoms with E-state index in [-0.39, 0.29) is 24.1 Å². The largest absolute Gasteiger partial charge is 0.497 e. The summed E-state index contributed by atoms with van der Waals surface area (Å²) in [5.74, 6) is 0.866. The predicted molar refractivity (Wildman–Crippen MR) is 185 cm³/mol. The minimum absolute atomic E-state index is 0.0226. The average molecular weight is 690 g/mol. The van der Waals surface area contributed by atoms with Gasteiger partial charge in [0.1, 0.15) is 29.5 Å². The number of rotatable bonds is 9. The average Bonchev–Trinajstić information content (AvgIpc) is 2.99. The first-order chi connectivity index (χ1) is 21.6. The van der Waals surface area contributed by atoms with Crippen molar-refractivity contribution in [1.29, 1.82) is 0 Å². The van der Waals surface area contributed by atoms with E-state index in [1.54, 1.807) is 36.3 Å². The Bertz CT molecular complexity index is 1580. The molecule has 2 aliphatic heterocycles. The number of nitrogens with zero attached hydrogens (tertiary/aromatic N) is 2. The minimum atomic E-state index is -2.36. The summed E-state index contributed by atoms with van der Waals surface area (Å²) in [7, 11) is -0.747. The topological polar surface area (TPSA) is 71.5 Å². The van der Waals surface area contributed by atoms with E-state index in [1.807, 2.05) is 29.2 Å². The fourth-order valence-corrected chi connectivity index (χ4v) is 7.58. The van der Waals surface area contributed by atoms with Gasteiger partial charge in [-0.15, -0.1) is 0 Å². The molecular weight excluding hydrogens is 646 g/mol. The highest BCUT2D eigenvalue weighted by Crippen LogP contribution is 2.43. The van der Waals surface area contributed by atoms with Crippen LogP contribution in [-0.4, -0.2) is 57.8 Å². The predicted octanol–water partition coefficient (Wildman–Crippen LogP) is 8.03. The molecule has 0 aliphatic carbocycles. The van der Waals surface area contributed by atoms with Crippen LogP contribution in [0.4, 0.5) is 15.8 Å². The lowest BCUT2D eigenvalue weighted by molar-refractivity contribution is -0.119. The third kappa shape index (κ3) is 7.19. The van der Waals surface area contributed by atoms with Gasteiger partial charge >= 0.3 is 0 Å². The van der Waals surface area contributed by atoms with Gasteiger partial charge in [-0.3, -0.25) is 4.79 Å². The highest BCUT2D eigenvalue weighted by atomic mass is 35.5. The van der Waals surface area contributed by atoms with Gasteiger partial charge in [0.25, 0.3) is 0 Å². The van der Waals surface area contributed by atoms with Gasteiger partial charge in [-0.25, -0.2) is 4.39 Å². The number of ether oxygens (including phenoxy) is 2. The number of hydrogen-bond donors (Lipinski definition) is 1. The molecule has 2 heterocycles. The molecule has 2 atom stereocenters. The van der Waals surface area contributed by atoms with Crippen LogP contribution in [0.15, 0.2) is 54.6 Å². The highest BCUT2D eigenvalue weighted by molar-refractivity contribution is 6.74. The van der Waals surface area contributed by atoms with E-state index >= 15 is 0 Å². The van der Waals surface area contributed by atoms with E-state index in [4.69, 9.17) is 37.1 Å². The highest BCUT2D eigenvalue weighted by Gasteiger charge is 2.49. The third-order valence-corrected chi connectivity index (χ3v) is 14.6. The number of halogens is 3. The first-order valence-corrected chi connectivity index (χ1v) is 19.3. The lowest BCUT2D eigenvalue weighted by atomic mass is 9.89. The molecule has 0 aromatic heterocycles. The van der Waals surface area contributed by atoms with Gasteiger partial charge in [0.05, 0.1) is 36.2 Å². The second kappa shape index (κ2) is 13.4. The second-order valence-electron chi connectivity index (χ2n) is 13.8. The Morgan fingerprint density at radius 2 is 1.78 bits per heavy atom. The maximum Gasteiger partial charge on any atom is 0.227 e. The van der Waals surface area contributed by atoms with Crippen LogP contribution in [0.2, 0.25) is 28.2 Å². The monoisotopic (exact) mass is 688 g/mol. The SMILES string of the molecule is COc1ccc(CN2C(=O)CCc3c(OC[C@]4(O)CCN(c5ccc(Cl)cc5F)C[C@H]4O[Si](C)(C)C(C)(C)C)ccc(Cl)c32)cc1. The van der Waals surface area contributed by atoms with Crippen molar-refractivity contribution in [1.82, 2.24) is 0 Å². The molecule has 11 heteroatoms. The standard InChI is InChI=1S/C35H43Cl2FN2O5Si/c1-34(2,3)46(5,6)45-31-21-39(29-14-9-24(36)19-28(29)38)18-17-35(31,42)22-44-30-15-13-27(37)33-26(30)12-16-32(41)40(33)20-23-7-10-25(43-4)11-8-23/h7-11,13-15,19,31,42H,12,16-18,20-22H2,1-6H3/t31-,35-/m1/s1. The number of amides is 1. The first kappa shape index (κ1) is 34.5. The maximum absolute atomic E-state index is 15.0. The molecule has 0 radical (unpaired) electrons. The van der Waals surface area contributed by atoms with Crippen LogP contribution < -0.4 is 19.3 Å². The molecule has 1 N–H and O–H groups in total. The molecular formula is C35H43Cl2FN2O5Si. The Hall–Kier alpha value is -2.82. The molecule has 0 spiro atoms. The van der Waals surface area contributed by atoms with Crippen molar-refractivity contribution in [2.75, 3.05) is 36.6 Å². The molecule has 3 aromatic carbocycles. The molecule has 0 bridgehead atoms. The van der Waals surface area contributed by atoms with Crippen molar-refractivity contribution < 1.29 is 28.2 Å². The Balaban J connectivity index is 1.41. The van der Waals surface area contributed by atoms with Crippen molar-refractivity contribution in [3.8, 4) is 11.5 Å². The van der Waals surface area contributed by atoms with Gasteiger partial charge in [-0.2, -0.15) is 0 Å². The molecule has 7 nitrogen and oxygen atoms in total. The van der Waals surface area contributed by atoms with Crippen LogP contribution in [0, 0.1) is 5.82 Å². The first-order valence-electron chi connectivity index (χ1n) is 15.6. The Kier molecular flexibility index (Phi) is 10.0. The molecule has 0 saturated carbocycles. The van der Waals surface area contributed by atoms with Gasteiger partial charge < -0.3 is 28.8 Å². The quantitative estimate of drug-likeness (QED) is 0.230. The van der Waals surface area contributed by atoms with Crippen LogP contribution in [-0.2, 0) is 22.2 Å². The number of hydrogen-bond acceptors (Lipinski definition) is 6. The van der Waals surface area contributed by atoms with Crippen LogP contribution in [0.25, 0.3) is 0 Å². The van der Waals surface area contributed by atoms with E-state index in [9.17, 15) is 14.3 Å². The summed E-state index contributed by atoms with van der Waals surface area (Å²) in [6, 6.07) is 15.7. The fraction of sp³-hybridized carbons (Fsp3) is 0.457. The summed E-state index contributed by atoms with van der Waals surface area (Å²) < 4.78 is 33.5. The number of fused-ring (bicyclic) bond motifs is 1. The zero-order valence-corrected chi connectivity index (χ0v) is 29.8. The number of piperidine rings is 1. The number of carbonyl (C=O) groups excluding carboxylic acids is 1. The lowest BCUT2D eigenvalue weighted by Crippen LogP contribution is -2.63. The summed E-state index contributed by atoms with van der Waals surface area (Å²) in [5, 5.41) is 12.9. The Morgan fingerprint density at radius 3 is 2.43 bits per heavy atom. The van der Waals surface area contributed by atoms with Crippen LogP contribution in [0.1, 0.15) is 44.7 Å². The molecule has 248 valence electrons. The van der Waals surface area contributed by atoms with Crippen LogP contribution >= 0.6 is 23.2 Å². The lowest BCUT2D eigenvalue weighted by Gasteiger charge is -2.49. The fourth-order valence-electron chi connectivity index (χ4n) is 5.78. The summed E-state index contributed by atoms with van der Waals surface area (Å²) >= 11 is 12.7. The number of anilines is 2. The van der Waals surface area contributed by atoms with Crippen molar-refractivity contribution in [3.05, 3.63) is 81.6 Å². The summed E-state index contributed by atoms with van der Waals surface area (Å²) in [5.41, 5.74) is 1.46. The zero-order chi connectivity index (χ0) is 33.4. The van der Waals surface area contributed by atoms with E-state index in [0.29, 0.717) is 59.5 Å². The molecule has 5 rings (SSSR count). The molecule has 1 fully saturated rings. The Morgan fingerprint density at radius 1 is 1.07 bits per heavy atom. The molecule has 2 aliphatic rings. The van der Waals surface area contributed by atoms with E-state index in [2.05, 4.69) is 33.9 Å². The normalized spacial score (nSPS) is 20.5. The molecule has 46 heavy (non-hydrogen) atoms. The number of benzene rings is 3. The smallest absolute Gasteiger partial charge is 0.227 e. The maximum atomic E-state index is 15.0. The summed E-state index contributed by atoms with van der Waals surface area (Å²) in [4.78, 5) is 16.8. The van der Waals surface area contributed by atoms with Gasteiger partial charge in [0.2, 0.25) is 5.91 Å². The molecule has 1 saturated heterocycles. The molecule has 1 amide bonds. The second-order valence-corrected chi connectivity index (χ2v) is 19.4. The number of methoxy groups -OCH3 is 1. The van der Waals surface area contributed by atoms with Gasteiger partial charge in [0.15, 0.2) is 8.32 Å². The Labute approximate surface area is 282 Å². The summed E-state index contributed by atoms with van der Waals surface area (Å²) in [6.45, 7) is 11.7. The van der Waals surface area contributed by atoms with Crippen molar-refractivity contribution in [2.24, 2.45) is 0 Å². The van der Waals surface area contributed by atoms with E-state index in [0.717, 1.165) is 16.9 Å². The van der Waals surface area contributed by atoms with Crippen LogP contribution in [0.3, 0.4) is 0 Å². The molecule has 3 aromatic rings. The van der Waals surface area contributed by atoms with Crippen molar-refractivity contribution in [3.63, 3.8) is 0 Å². The van der Waals surface area contributed by atoms with Gasteiger partial charge in [0, 0.05) is 30.1 Å². The van der Waals surface area contributed by atoms with Gasteiger partial charge in [-0.1, -0.05) is 56.1 Å². The van der Waals surface area contributed by atoms with Crippen molar-refractivity contribution >= 4 is 48.8 Å². The van der Waals surface area contributed by atoms with Crippen molar-refractivity contribution in [2.45, 2.75) is 76.4 Å². The number of carbonyl (C=O) groups is 1. The van der Waals surface area contributed by atoms with Gasteiger partial charge in [-0.05, 0) is 79.0 Å². The minimum Gasteiger partial charge on any atom is -0.497 e. The summed E-state index contributed by atoms with van der Waals surface area (Å²) in [6.07, 6.45) is 0.429.